The van der Waals surface area contributed by atoms with Gasteiger partial charge in [0, 0.05) is 13.0 Å². The Morgan fingerprint density at radius 2 is 1.66 bits per heavy atom. The molecule has 0 bridgehead atoms. The number of carbonyl (C=O) groups excluding carboxylic acids is 1. The fourth-order valence-electron chi connectivity index (χ4n) is 4.65. The van der Waals surface area contributed by atoms with E-state index in [1.807, 2.05) is 40.2 Å². The van der Waals surface area contributed by atoms with Gasteiger partial charge in [-0.25, -0.2) is 9.78 Å². The first kappa shape index (κ1) is 23.6. The molecule has 0 saturated carbocycles. The molecule has 0 saturated heterocycles. The summed E-state index contributed by atoms with van der Waals surface area (Å²) >= 11 is 1.61. The van der Waals surface area contributed by atoms with Gasteiger partial charge in [-0.1, -0.05) is 54.6 Å². The quantitative estimate of drug-likeness (QED) is 0.255. The van der Waals surface area contributed by atoms with Crippen LogP contribution in [0.3, 0.4) is 0 Å². The number of carboxylic acid groups (broad SMARTS) is 1. The van der Waals surface area contributed by atoms with E-state index in [1.165, 1.54) is 17.5 Å². The largest absolute Gasteiger partial charge is 0.478 e. The maximum absolute atomic E-state index is 13.6. The minimum Gasteiger partial charge on any atom is -0.478 e. The third-order valence-corrected chi connectivity index (χ3v) is 7.30. The number of thiophene rings is 1. The van der Waals surface area contributed by atoms with Crippen molar-refractivity contribution in [3.05, 3.63) is 130 Å². The average molecular weight is 518 g/mol. The van der Waals surface area contributed by atoms with Crippen LogP contribution in [0, 0.1) is 0 Å². The summed E-state index contributed by atoms with van der Waals surface area (Å²) in [6, 6.07) is 27.1. The summed E-state index contributed by atoms with van der Waals surface area (Å²) in [4.78, 5) is 29.4. The Balaban J connectivity index is 1.35. The van der Waals surface area contributed by atoms with E-state index in [0.29, 0.717) is 12.1 Å². The zero-order valence-electron chi connectivity index (χ0n) is 20.3. The predicted molar refractivity (Wildman–Crippen MR) is 150 cm³/mol. The zero-order valence-corrected chi connectivity index (χ0v) is 21.1. The predicted octanol–water partition coefficient (Wildman–Crippen LogP) is 6.44. The molecule has 6 aromatic rings. The van der Waals surface area contributed by atoms with Gasteiger partial charge in [0.25, 0.3) is 5.91 Å². The molecule has 0 aliphatic heterocycles. The SMILES string of the molecule is O=C(O)c1ccc(CNC(=O)c2cc(-c3ccsc3)cc3cnc(Cc4ccc5ccccc5c4)n23)cc1. The molecular formula is C31H23N3O3S. The number of rotatable bonds is 7. The fraction of sp³-hybridized carbons (Fsp3) is 0.0645. The number of hydrogen-bond acceptors (Lipinski definition) is 4. The molecule has 6 nitrogen and oxygen atoms in total. The Morgan fingerprint density at radius 1 is 0.868 bits per heavy atom. The van der Waals surface area contributed by atoms with Gasteiger partial charge in [-0.3, -0.25) is 9.20 Å². The van der Waals surface area contributed by atoms with Gasteiger partial charge in [0.1, 0.15) is 11.5 Å². The number of nitrogens with zero attached hydrogens (tertiary/aromatic N) is 2. The first-order chi connectivity index (χ1) is 18.5. The number of aromatic nitrogens is 2. The molecular weight excluding hydrogens is 494 g/mol. The smallest absolute Gasteiger partial charge is 0.335 e. The molecule has 0 aliphatic carbocycles. The Morgan fingerprint density at radius 3 is 2.42 bits per heavy atom. The Kier molecular flexibility index (Phi) is 6.19. The van der Waals surface area contributed by atoms with Gasteiger partial charge in [-0.2, -0.15) is 11.3 Å². The van der Waals surface area contributed by atoms with Gasteiger partial charge < -0.3 is 10.4 Å². The van der Waals surface area contributed by atoms with E-state index in [-0.39, 0.29) is 18.0 Å². The summed E-state index contributed by atoms with van der Waals surface area (Å²) in [6.07, 6.45) is 2.39. The molecule has 0 fully saturated rings. The van der Waals surface area contributed by atoms with Crippen LogP contribution < -0.4 is 5.32 Å². The third-order valence-electron chi connectivity index (χ3n) is 6.62. The molecule has 0 unspecified atom stereocenters. The monoisotopic (exact) mass is 517 g/mol. The normalized spacial score (nSPS) is 11.2. The van der Waals surface area contributed by atoms with Crippen molar-refractivity contribution in [1.82, 2.24) is 14.7 Å². The lowest BCUT2D eigenvalue weighted by molar-refractivity contribution is 0.0696. The second-order valence-corrected chi connectivity index (χ2v) is 9.90. The first-order valence-electron chi connectivity index (χ1n) is 12.2. The lowest BCUT2D eigenvalue weighted by Crippen LogP contribution is -2.25. The Bertz CT molecular complexity index is 1790. The van der Waals surface area contributed by atoms with Crippen LogP contribution in [0.5, 0.6) is 0 Å². The van der Waals surface area contributed by atoms with Crippen LogP contribution in [-0.2, 0) is 13.0 Å². The lowest BCUT2D eigenvalue weighted by Gasteiger charge is -2.13. The van der Waals surface area contributed by atoms with E-state index in [2.05, 4.69) is 47.1 Å². The topological polar surface area (TPSA) is 83.7 Å². The van der Waals surface area contributed by atoms with E-state index in [9.17, 15) is 9.59 Å². The summed E-state index contributed by atoms with van der Waals surface area (Å²) in [5.74, 6) is -0.428. The molecule has 1 amide bonds. The molecule has 38 heavy (non-hydrogen) atoms. The van der Waals surface area contributed by atoms with Gasteiger partial charge in [0.15, 0.2) is 0 Å². The van der Waals surface area contributed by atoms with E-state index in [4.69, 9.17) is 10.1 Å². The molecule has 0 atom stereocenters. The van der Waals surface area contributed by atoms with Crippen molar-refractivity contribution >= 4 is 39.5 Å². The highest BCUT2D eigenvalue weighted by Crippen LogP contribution is 2.27. The molecule has 0 aliphatic rings. The molecule has 6 rings (SSSR count). The summed E-state index contributed by atoms with van der Waals surface area (Å²) in [6.45, 7) is 0.275. The van der Waals surface area contributed by atoms with Crippen molar-refractivity contribution in [1.29, 1.82) is 0 Å². The molecule has 3 heterocycles. The van der Waals surface area contributed by atoms with Crippen molar-refractivity contribution in [2.75, 3.05) is 0 Å². The van der Waals surface area contributed by atoms with E-state index >= 15 is 0 Å². The highest BCUT2D eigenvalue weighted by molar-refractivity contribution is 7.08. The summed E-state index contributed by atoms with van der Waals surface area (Å²) in [7, 11) is 0. The summed E-state index contributed by atoms with van der Waals surface area (Å²) in [5.41, 5.74) is 5.49. The van der Waals surface area contributed by atoms with Gasteiger partial charge in [0.2, 0.25) is 0 Å². The maximum Gasteiger partial charge on any atom is 0.335 e. The number of nitrogens with one attached hydrogen (secondary N) is 1. The van der Waals surface area contributed by atoms with Gasteiger partial charge in [-0.05, 0) is 74.1 Å². The molecule has 0 spiro atoms. The molecule has 186 valence electrons. The number of amides is 1. The maximum atomic E-state index is 13.6. The molecule has 3 aromatic heterocycles. The van der Waals surface area contributed by atoms with Crippen LogP contribution in [0.2, 0.25) is 0 Å². The molecule has 7 heteroatoms. The zero-order chi connectivity index (χ0) is 26.1. The second-order valence-electron chi connectivity index (χ2n) is 9.12. The second kappa shape index (κ2) is 9.95. The van der Waals surface area contributed by atoms with Crippen molar-refractivity contribution in [2.45, 2.75) is 13.0 Å². The highest BCUT2D eigenvalue weighted by Gasteiger charge is 2.17. The number of fused-ring (bicyclic) bond motifs is 2. The van der Waals surface area contributed by atoms with Crippen molar-refractivity contribution < 1.29 is 14.7 Å². The fourth-order valence-corrected chi connectivity index (χ4v) is 5.32. The number of carboxylic acids is 1. The third kappa shape index (κ3) is 4.67. The summed E-state index contributed by atoms with van der Waals surface area (Å²) in [5, 5.41) is 18.6. The standard InChI is InChI=1S/C31H23N3O3S/c35-30(33-17-20-5-9-23(10-6-20)31(36)37)28-16-26(25-11-12-38-19-25)15-27-18-32-29(34(27)28)14-21-7-8-22-3-1-2-4-24(22)13-21/h1-13,15-16,18-19H,14,17H2,(H,33,35)(H,36,37). The number of benzene rings is 3. The Labute approximate surface area is 222 Å². The van der Waals surface area contributed by atoms with Crippen LogP contribution in [0.15, 0.2) is 102 Å². The molecule has 0 radical (unpaired) electrons. The van der Waals surface area contributed by atoms with E-state index in [0.717, 1.165) is 39.0 Å². The van der Waals surface area contributed by atoms with Crippen molar-refractivity contribution in [3.8, 4) is 11.1 Å². The van der Waals surface area contributed by atoms with E-state index < -0.39 is 5.97 Å². The highest BCUT2D eigenvalue weighted by atomic mass is 32.1. The van der Waals surface area contributed by atoms with Gasteiger partial charge in [0.05, 0.1) is 17.3 Å². The van der Waals surface area contributed by atoms with Crippen molar-refractivity contribution in [3.63, 3.8) is 0 Å². The van der Waals surface area contributed by atoms with Crippen LogP contribution >= 0.6 is 11.3 Å². The van der Waals surface area contributed by atoms with Gasteiger partial charge in [-0.15, -0.1) is 0 Å². The van der Waals surface area contributed by atoms with Crippen LogP contribution in [0.1, 0.15) is 37.8 Å². The van der Waals surface area contributed by atoms with Crippen LogP contribution in [0.25, 0.3) is 27.4 Å². The van der Waals surface area contributed by atoms with Crippen LogP contribution in [0.4, 0.5) is 0 Å². The number of pyridine rings is 1. The summed E-state index contributed by atoms with van der Waals surface area (Å²) < 4.78 is 1.92. The number of aromatic carboxylic acids is 1. The number of imidazole rings is 1. The Hall–Kier alpha value is -4.75. The lowest BCUT2D eigenvalue weighted by atomic mass is 10.0. The van der Waals surface area contributed by atoms with Crippen molar-refractivity contribution in [2.24, 2.45) is 0 Å². The minimum absolute atomic E-state index is 0.210. The average Bonchev–Trinajstić information content (AvgIpc) is 3.62. The molecule has 3 aromatic carbocycles. The number of hydrogen-bond donors (Lipinski definition) is 2. The van der Waals surface area contributed by atoms with Gasteiger partial charge >= 0.3 is 5.97 Å². The van der Waals surface area contributed by atoms with E-state index in [1.54, 1.807) is 23.5 Å². The first-order valence-corrected chi connectivity index (χ1v) is 13.1. The minimum atomic E-state index is -0.979. The van der Waals surface area contributed by atoms with Crippen LogP contribution in [-0.4, -0.2) is 26.4 Å². The number of carbonyl (C=O) groups is 2. The molecule has 2 N–H and O–H groups in total.